The Morgan fingerprint density at radius 1 is 1.31 bits per heavy atom. The Morgan fingerprint density at radius 2 is 2.17 bits per heavy atom. The van der Waals surface area contributed by atoms with E-state index in [1.807, 2.05) is 24.4 Å². The SMILES string of the molecule is CNc1cc(-c2cn([C@H]3CCN(CCF)C3)c3ncccc23)nc2c(C(=O)N[C@@H]3C[C@@H]3F)cnn12. The van der Waals surface area contributed by atoms with E-state index in [1.165, 1.54) is 6.20 Å². The molecule has 0 aromatic carbocycles. The number of carbonyl (C=O) groups is 1. The average molecular weight is 481 g/mol. The number of carbonyl (C=O) groups excluding carboxylic acids is 1. The van der Waals surface area contributed by atoms with E-state index in [2.05, 4.69) is 30.2 Å². The van der Waals surface area contributed by atoms with Crippen LogP contribution < -0.4 is 10.6 Å². The largest absolute Gasteiger partial charge is 0.373 e. The second-order valence-electron chi connectivity index (χ2n) is 9.16. The van der Waals surface area contributed by atoms with Gasteiger partial charge in [0.15, 0.2) is 5.65 Å². The van der Waals surface area contributed by atoms with Crippen molar-refractivity contribution in [2.75, 3.05) is 38.7 Å². The summed E-state index contributed by atoms with van der Waals surface area (Å²) in [6, 6.07) is 5.52. The van der Waals surface area contributed by atoms with Crippen molar-refractivity contribution in [1.29, 1.82) is 0 Å². The number of pyridine rings is 1. The van der Waals surface area contributed by atoms with Gasteiger partial charge in [-0.2, -0.15) is 9.61 Å². The van der Waals surface area contributed by atoms with E-state index in [4.69, 9.17) is 4.98 Å². The lowest BCUT2D eigenvalue weighted by atomic mass is 10.1. The summed E-state index contributed by atoms with van der Waals surface area (Å²) in [6.45, 7) is 1.70. The minimum atomic E-state index is -0.993. The Balaban J connectivity index is 1.44. The molecule has 2 aliphatic rings. The molecule has 2 N–H and O–H groups in total. The Morgan fingerprint density at radius 3 is 2.94 bits per heavy atom. The molecule has 1 aliphatic carbocycles. The highest BCUT2D eigenvalue weighted by atomic mass is 19.1. The third kappa shape index (κ3) is 3.79. The highest BCUT2D eigenvalue weighted by Crippen LogP contribution is 2.35. The van der Waals surface area contributed by atoms with Gasteiger partial charge in [0.25, 0.3) is 5.91 Å². The number of hydrogen-bond acceptors (Lipinski definition) is 6. The Labute approximate surface area is 200 Å². The number of anilines is 1. The monoisotopic (exact) mass is 480 g/mol. The smallest absolute Gasteiger partial charge is 0.257 e. The van der Waals surface area contributed by atoms with Crippen molar-refractivity contribution in [2.24, 2.45) is 0 Å². The van der Waals surface area contributed by atoms with Crippen LogP contribution in [0.25, 0.3) is 27.9 Å². The number of fused-ring (bicyclic) bond motifs is 2. The first-order chi connectivity index (χ1) is 17.1. The van der Waals surface area contributed by atoms with Gasteiger partial charge in [0.1, 0.15) is 29.9 Å². The number of rotatable bonds is 7. The second-order valence-corrected chi connectivity index (χ2v) is 9.16. The predicted octanol–water partition coefficient (Wildman–Crippen LogP) is 2.84. The molecule has 35 heavy (non-hydrogen) atoms. The van der Waals surface area contributed by atoms with Crippen LogP contribution in [0.5, 0.6) is 0 Å². The van der Waals surface area contributed by atoms with Gasteiger partial charge in [-0.3, -0.25) is 9.69 Å². The summed E-state index contributed by atoms with van der Waals surface area (Å²) in [5.41, 5.74) is 3.08. The number of hydrogen-bond donors (Lipinski definition) is 2. The molecule has 6 rings (SSSR count). The summed E-state index contributed by atoms with van der Waals surface area (Å²) in [4.78, 5) is 24.4. The topological polar surface area (TPSA) is 92.4 Å². The minimum Gasteiger partial charge on any atom is -0.373 e. The number of likely N-dealkylation sites (tertiary alicyclic amines) is 1. The lowest BCUT2D eigenvalue weighted by molar-refractivity contribution is 0.0949. The lowest BCUT2D eigenvalue weighted by Gasteiger charge is -2.15. The first kappa shape index (κ1) is 21.9. The van der Waals surface area contributed by atoms with Crippen molar-refractivity contribution < 1.29 is 13.6 Å². The van der Waals surface area contributed by atoms with E-state index in [0.717, 1.165) is 36.1 Å². The second kappa shape index (κ2) is 8.56. The number of amides is 1. The summed E-state index contributed by atoms with van der Waals surface area (Å²) < 4.78 is 30.0. The van der Waals surface area contributed by atoms with Crippen LogP contribution in [0.3, 0.4) is 0 Å². The van der Waals surface area contributed by atoms with Crippen molar-refractivity contribution in [3.05, 3.63) is 42.4 Å². The number of alkyl halides is 2. The summed E-state index contributed by atoms with van der Waals surface area (Å²) >= 11 is 0. The van der Waals surface area contributed by atoms with Crippen molar-refractivity contribution in [1.82, 2.24) is 34.4 Å². The maximum absolute atomic E-state index is 13.4. The molecule has 182 valence electrons. The van der Waals surface area contributed by atoms with Crippen LogP contribution in [-0.4, -0.2) is 80.5 Å². The number of nitrogens with zero attached hydrogens (tertiary/aromatic N) is 6. The van der Waals surface area contributed by atoms with Gasteiger partial charge in [0.2, 0.25) is 0 Å². The fraction of sp³-hybridized carbons (Fsp3) is 0.417. The van der Waals surface area contributed by atoms with Crippen molar-refractivity contribution in [3.63, 3.8) is 0 Å². The quantitative estimate of drug-likeness (QED) is 0.423. The van der Waals surface area contributed by atoms with Crippen LogP contribution in [0.2, 0.25) is 0 Å². The number of halogens is 2. The van der Waals surface area contributed by atoms with E-state index in [-0.39, 0.29) is 18.6 Å². The highest BCUT2D eigenvalue weighted by molar-refractivity contribution is 6.01. The fourth-order valence-corrected chi connectivity index (χ4v) is 4.93. The molecule has 11 heteroatoms. The third-order valence-corrected chi connectivity index (χ3v) is 6.91. The van der Waals surface area contributed by atoms with Crippen LogP contribution in [0.15, 0.2) is 36.8 Å². The molecule has 4 aromatic rings. The first-order valence-electron chi connectivity index (χ1n) is 11.8. The summed E-state index contributed by atoms with van der Waals surface area (Å²) in [5, 5.41) is 11.1. The highest BCUT2D eigenvalue weighted by Gasteiger charge is 2.39. The zero-order chi connectivity index (χ0) is 24.1. The standard InChI is InChI=1S/C24H26F2N8O/c1-27-21-10-19(30-23-16(11-29-34(21)23)24(35)31-20-9-18(20)26)17-13-33(22-15(17)3-2-6-28-22)14-4-7-32(12-14)8-5-25/h2-3,6,10-11,13-14,18,20,27H,4-5,7-9,12H2,1H3,(H,31,35)/t14-,18-,20+/m0/s1. The molecule has 0 bridgehead atoms. The molecule has 5 heterocycles. The van der Waals surface area contributed by atoms with E-state index < -0.39 is 12.2 Å². The van der Waals surface area contributed by atoms with E-state index in [9.17, 15) is 13.6 Å². The zero-order valence-electron chi connectivity index (χ0n) is 19.3. The number of nitrogens with one attached hydrogen (secondary N) is 2. The lowest BCUT2D eigenvalue weighted by Crippen LogP contribution is -2.27. The van der Waals surface area contributed by atoms with E-state index in [0.29, 0.717) is 35.7 Å². The zero-order valence-corrected chi connectivity index (χ0v) is 19.3. The Kier molecular flexibility index (Phi) is 5.36. The molecule has 3 atom stereocenters. The average Bonchev–Trinajstić information content (AvgIpc) is 3.26. The van der Waals surface area contributed by atoms with Crippen molar-refractivity contribution in [2.45, 2.75) is 31.1 Å². The molecule has 0 unspecified atom stereocenters. The minimum absolute atomic E-state index is 0.184. The van der Waals surface area contributed by atoms with Gasteiger partial charge in [0.05, 0.1) is 17.9 Å². The predicted molar refractivity (Wildman–Crippen MR) is 128 cm³/mol. The summed E-state index contributed by atoms with van der Waals surface area (Å²) in [7, 11) is 1.78. The summed E-state index contributed by atoms with van der Waals surface area (Å²) in [6.07, 6.45) is 5.53. The van der Waals surface area contributed by atoms with Crippen LogP contribution in [0, 0.1) is 0 Å². The molecule has 1 amide bonds. The van der Waals surface area contributed by atoms with E-state index >= 15 is 0 Å². The molecule has 1 aliphatic heterocycles. The van der Waals surface area contributed by atoms with Gasteiger partial charge in [-0.25, -0.2) is 18.7 Å². The molecule has 1 saturated carbocycles. The Bertz CT molecular complexity index is 1420. The Hall–Kier alpha value is -3.60. The first-order valence-corrected chi connectivity index (χ1v) is 11.8. The third-order valence-electron chi connectivity index (χ3n) is 6.91. The van der Waals surface area contributed by atoms with Crippen LogP contribution in [0.1, 0.15) is 29.2 Å². The maximum Gasteiger partial charge on any atom is 0.257 e. The molecule has 0 radical (unpaired) electrons. The van der Waals surface area contributed by atoms with Gasteiger partial charge >= 0.3 is 0 Å². The molecule has 2 fully saturated rings. The normalized spacial score (nSPS) is 22.2. The molecular weight excluding hydrogens is 454 g/mol. The fourth-order valence-electron chi connectivity index (χ4n) is 4.93. The van der Waals surface area contributed by atoms with Crippen molar-refractivity contribution in [3.8, 4) is 11.3 Å². The van der Waals surface area contributed by atoms with Crippen LogP contribution >= 0.6 is 0 Å². The number of aromatic nitrogens is 5. The molecule has 9 nitrogen and oxygen atoms in total. The molecular formula is C24H26F2N8O. The van der Waals surface area contributed by atoms with Gasteiger partial charge in [-0.1, -0.05) is 0 Å². The van der Waals surface area contributed by atoms with Crippen LogP contribution in [-0.2, 0) is 0 Å². The van der Waals surface area contributed by atoms with Gasteiger partial charge in [-0.15, -0.1) is 0 Å². The van der Waals surface area contributed by atoms with Gasteiger partial charge in [0, 0.05) is 68.6 Å². The molecule has 1 saturated heterocycles. The van der Waals surface area contributed by atoms with Gasteiger partial charge in [-0.05, 0) is 18.6 Å². The van der Waals surface area contributed by atoms with Gasteiger partial charge < -0.3 is 15.2 Å². The maximum atomic E-state index is 13.4. The summed E-state index contributed by atoms with van der Waals surface area (Å²) in [5.74, 6) is 0.276. The van der Waals surface area contributed by atoms with E-state index in [1.54, 1.807) is 17.8 Å². The molecule has 4 aromatic heterocycles. The van der Waals surface area contributed by atoms with Crippen LogP contribution in [0.4, 0.5) is 14.6 Å². The molecule has 0 spiro atoms. The van der Waals surface area contributed by atoms with Crippen molar-refractivity contribution >= 4 is 28.4 Å².